The second-order valence-corrected chi connectivity index (χ2v) is 1.31. The third-order valence-electron chi connectivity index (χ3n) is 0.225. The standard InChI is InChI=1S/C2H7ClN2.2Au/c3-2(5)1-4;;/h2H,1,4-5H2;;. The Balaban J connectivity index is -0.0000000800. The molecule has 0 bridgehead atoms. The van der Waals surface area contributed by atoms with Crippen molar-refractivity contribution in [1.82, 2.24) is 0 Å². The van der Waals surface area contributed by atoms with Gasteiger partial charge in [0, 0.05) is 51.3 Å². The van der Waals surface area contributed by atoms with Gasteiger partial charge < -0.3 is 11.5 Å². The minimum Gasteiger partial charge on any atom is -0.328 e. The van der Waals surface area contributed by atoms with Crippen LogP contribution in [0.1, 0.15) is 0 Å². The first-order valence-corrected chi connectivity index (χ1v) is 1.80. The molecule has 0 saturated carbocycles. The van der Waals surface area contributed by atoms with Gasteiger partial charge in [-0.2, -0.15) is 0 Å². The van der Waals surface area contributed by atoms with E-state index in [-0.39, 0.29) is 50.3 Å². The van der Waals surface area contributed by atoms with Gasteiger partial charge >= 0.3 is 0 Å². The van der Waals surface area contributed by atoms with Gasteiger partial charge in [-0.3, -0.25) is 0 Å². The Morgan fingerprint density at radius 2 is 1.57 bits per heavy atom. The van der Waals surface area contributed by atoms with E-state index in [4.69, 9.17) is 23.1 Å². The SMILES string of the molecule is NCC(N)Cl.[Au].[Au]. The molecule has 0 aromatic rings. The average molecular weight is 488 g/mol. The summed E-state index contributed by atoms with van der Waals surface area (Å²) in [7, 11) is 0. The molecule has 0 spiro atoms. The third kappa shape index (κ3) is 18.3. The van der Waals surface area contributed by atoms with E-state index in [1.54, 1.807) is 0 Å². The van der Waals surface area contributed by atoms with Gasteiger partial charge in [-0.15, -0.1) is 11.6 Å². The van der Waals surface area contributed by atoms with Gasteiger partial charge in [-0.1, -0.05) is 0 Å². The number of hydrogen-bond donors (Lipinski definition) is 2. The van der Waals surface area contributed by atoms with E-state index in [1.807, 2.05) is 0 Å². The molecule has 0 saturated heterocycles. The topological polar surface area (TPSA) is 52.0 Å². The maximum absolute atomic E-state index is 5.11. The van der Waals surface area contributed by atoms with Crippen molar-refractivity contribution in [3.05, 3.63) is 0 Å². The molecular formula is C2H7Au2ClN2. The van der Waals surface area contributed by atoms with Crippen molar-refractivity contribution in [2.24, 2.45) is 11.5 Å². The summed E-state index contributed by atoms with van der Waals surface area (Å²) in [6.07, 6.45) is 0. The van der Waals surface area contributed by atoms with Crippen molar-refractivity contribution in [3.63, 3.8) is 0 Å². The van der Waals surface area contributed by atoms with Gasteiger partial charge in [0.25, 0.3) is 0 Å². The maximum atomic E-state index is 5.11. The van der Waals surface area contributed by atoms with E-state index in [0.717, 1.165) is 0 Å². The molecule has 0 aliphatic carbocycles. The fraction of sp³-hybridized carbons (Fsp3) is 1.00. The summed E-state index contributed by atoms with van der Waals surface area (Å²) < 4.78 is 0. The van der Waals surface area contributed by atoms with Crippen LogP contribution in [0.4, 0.5) is 0 Å². The second kappa shape index (κ2) is 10.6. The monoisotopic (exact) mass is 488 g/mol. The zero-order chi connectivity index (χ0) is 4.28. The predicted octanol–water partition coefficient (Wildman–Crippen LogP) is -0.536. The predicted molar refractivity (Wildman–Crippen MR) is 22.9 cm³/mol. The summed E-state index contributed by atoms with van der Waals surface area (Å²) in [5, 5.41) is 0. The maximum Gasteiger partial charge on any atom is 0.0924 e. The number of rotatable bonds is 1. The van der Waals surface area contributed by atoms with Crippen molar-refractivity contribution >= 4 is 11.6 Å². The molecule has 2 nitrogen and oxygen atoms in total. The van der Waals surface area contributed by atoms with Crippen LogP contribution < -0.4 is 11.5 Å². The molecule has 0 heterocycles. The van der Waals surface area contributed by atoms with Crippen LogP contribution in [0.25, 0.3) is 0 Å². The molecular weight excluding hydrogens is 481 g/mol. The molecule has 0 rings (SSSR count). The molecule has 1 atom stereocenters. The average Bonchev–Trinajstić information content (AvgIpc) is 1.38. The smallest absolute Gasteiger partial charge is 0.0924 e. The van der Waals surface area contributed by atoms with Crippen LogP contribution in [0.3, 0.4) is 0 Å². The van der Waals surface area contributed by atoms with Crippen LogP contribution in [0.2, 0.25) is 0 Å². The van der Waals surface area contributed by atoms with E-state index < -0.39 is 0 Å². The molecule has 7 heavy (non-hydrogen) atoms. The molecule has 54 valence electrons. The molecule has 4 N–H and O–H groups in total. The van der Waals surface area contributed by atoms with Crippen LogP contribution >= 0.6 is 11.6 Å². The fourth-order valence-corrected chi connectivity index (χ4v) is 0. The summed E-state index contributed by atoms with van der Waals surface area (Å²) in [6, 6.07) is 0. The van der Waals surface area contributed by atoms with E-state index in [9.17, 15) is 0 Å². The summed E-state index contributed by atoms with van der Waals surface area (Å²) >= 11 is 5.11. The summed E-state index contributed by atoms with van der Waals surface area (Å²) in [5.41, 5.74) is 9.48. The Morgan fingerprint density at radius 3 is 1.57 bits per heavy atom. The normalized spacial score (nSPS) is 10.7. The first kappa shape index (κ1) is 15.9. The van der Waals surface area contributed by atoms with E-state index in [1.165, 1.54) is 0 Å². The van der Waals surface area contributed by atoms with Crippen molar-refractivity contribution in [3.8, 4) is 0 Å². The number of nitrogens with two attached hydrogens (primary N) is 2. The van der Waals surface area contributed by atoms with Gasteiger partial charge in [-0.25, -0.2) is 0 Å². The zero-order valence-corrected chi connectivity index (χ0v) is 8.51. The summed E-state index contributed by atoms with van der Waals surface area (Å²) in [5.74, 6) is 0. The molecule has 0 aromatic carbocycles. The molecule has 1 unspecified atom stereocenters. The van der Waals surface area contributed by atoms with Crippen LogP contribution in [0, 0.1) is 0 Å². The zero-order valence-electron chi connectivity index (χ0n) is 3.42. The Labute approximate surface area is 79.4 Å². The minimum absolute atomic E-state index is 0. The van der Waals surface area contributed by atoms with Gasteiger partial charge in [-0.05, 0) is 0 Å². The molecule has 0 amide bonds. The summed E-state index contributed by atoms with van der Waals surface area (Å²) in [6.45, 7) is 0.349. The molecule has 0 aromatic heterocycles. The largest absolute Gasteiger partial charge is 0.328 e. The summed E-state index contributed by atoms with van der Waals surface area (Å²) in [4.78, 5) is 0. The first-order chi connectivity index (χ1) is 2.27. The van der Waals surface area contributed by atoms with Crippen LogP contribution in [0.5, 0.6) is 0 Å². The molecule has 0 aliphatic rings. The van der Waals surface area contributed by atoms with Crippen molar-refractivity contribution in [1.29, 1.82) is 0 Å². The Bertz CT molecular complexity index is 27.7. The molecule has 0 aliphatic heterocycles. The van der Waals surface area contributed by atoms with E-state index in [0.29, 0.717) is 6.54 Å². The van der Waals surface area contributed by atoms with Crippen molar-refractivity contribution < 1.29 is 44.8 Å². The fourth-order valence-electron chi connectivity index (χ4n) is 0. The van der Waals surface area contributed by atoms with Crippen molar-refractivity contribution in [2.45, 2.75) is 5.50 Å². The van der Waals surface area contributed by atoms with E-state index >= 15 is 0 Å². The van der Waals surface area contributed by atoms with Gasteiger partial charge in [0.15, 0.2) is 0 Å². The van der Waals surface area contributed by atoms with Crippen molar-refractivity contribution in [2.75, 3.05) is 6.54 Å². The molecule has 5 heteroatoms. The quantitative estimate of drug-likeness (QED) is 0.296. The van der Waals surface area contributed by atoms with Crippen LogP contribution in [-0.4, -0.2) is 12.0 Å². The van der Waals surface area contributed by atoms with Gasteiger partial charge in [0.2, 0.25) is 0 Å². The van der Waals surface area contributed by atoms with E-state index in [2.05, 4.69) is 0 Å². The minimum atomic E-state index is -0.366. The molecule has 0 fully saturated rings. The number of halogens is 1. The molecule has 2 radical (unpaired) electrons. The third-order valence-corrected chi connectivity index (χ3v) is 0.403. The van der Waals surface area contributed by atoms with Gasteiger partial charge in [0.05, 0.1) is 5.50 Å². The Hall–Kier alpha value is 1.69. The number of hydrogen-bond acceptors (Lipinski definition) is 2. The van der Waals surface area contributed by atoms with Crippen LogP contribution in [-0.2, 0) is 44.8 Å². The van der Waals surface area contributed by atoms with Crippen LogP contribution in [0.15, 0.2) is 0 Å². The first-order valence-electron chi connectivity index (χ1n) is 1.37. The Kier molecular flexibility index (Phi) is 24.1. The number of alkyl halides is 1. The second-order valence-electron chi connectivity index (χ2n) is 0.752. The van der Waals surface area contributed by atoms with Gasteiger partial charge in [0.1, 0.15) is 0 Å². The Morgan fingerprint density at radius 1 is 1.43 bits per heavy atom.